The van der Waals surface area contributed by atoms with Crippen LogP contribution in [0.25, 0.3) is 10.9 Å². The zero-order valence-corrected chi connectivity index (χ0v) is 20.1. The van der Waals surface area contributed by atoms with Gasteiger partial charge < -0.3 is 25.5 Å². The molecule has 38 heavy (non-hydrogen) atoms. The van der Waals surface area contributed by atoms with Crippen LogP contribution in [0.2, 0.25) is 0 Å². The minimum absolute atomic E-state index is 0.435. The number of nitrogens with zero attached hydrogens (tertiary/aromatic N) is 1. The highest BCUT2D eigenvalue weighted by atomic mass is 19.4. The number of nitrogen functional groups attached to an aromatic ring is 1. The van der Waals surface area contributed by atoms with Crippen molar-refractivity contribution in [3.8, 4) is 5.75 Å². The van der Waals surface area contributed by atoms with Crippen LogP contribution in [-0.2, 0) is 14.3 Å². The SMILES string of the molecule is Nc1cccnc1NCCCOc1ccc2c(C(CC(=O)OC(=O)C(F)(F)F)c3ccccc3)c[nH]c2c1. The Bertz CT molecular complexity index is 1410. The molecule has 0 aliphatic carbocycles. The van der Waals surface area contributed by atoms with Crippen molar-refractivity contribution in [2.24, 2.45) is 0 Å². The number of aromatic nitrogens is 2. The number of carbonyl (C=O) groups excluding carboxylic acids is 2. The van der Waals surface area contributed by atoms with Gasteiger partial charge in [-0.05, 0) is 41.8 Å². The predicted octanol–water partition coefficient (Wildman–Crippen LogP) is 5.18. The zero-order valence-electron chi connectivity index (χ0n) is 20.1. The van der Waals surface area contributed by atoms with Gasteiger partial charge in [-0.1, -0.05) is 30.3 Å². The Morgan fingerprint density at radius 2 is 1.87 bits per heavy atom. The molecular formula is C27H25F3N4O4. The number of hydrogen-bond acceptors (Lipinski definition) is 7. The number of alkyl halides is 3. The summed E-state index contributed by atoms with van der Waals surface area (Å²) in [7, 11) is 0. The van der Waals surface area contributed by atoms with Crippen LogP contribution < -0.4 is 15.8 Å². The van der Waals surface area contributed by atoms with Gasteiger partial charge in [-0.25, -0.2) is 9.78 Å². The number of nitrogens with two attached hydrogens (primary N) is 1. The Hall–Kier alpha value is -4.54. The van der Waals surface area contributed by atoms with E-state index in [1.807, 2.05) is 6.07 Å². The van der Waals surface area contributed by atoms with Gasteiger partial charge >= 0.3 is 18.1 Å². The van der Waals surface area contributed by atoms with Crippen molar-refractivity contribution in [2.75, 3.05) is 24.2 Å². The summed E-state index contributed by atoms with van der Waals surface area (Å²) in [6.07, 6.45) is -1.67. The zero-order chi connectivity index (χ0) is 27.1. The fourth-order valence-corrected chi connectivity index (χ4v) is 4.00. The number of hydrogen-bond donors (Lipinski definition) is 3. The molecule has 8 nitrogen and oxygen atoms in total. The van der Waals surface area contributed by atoms with E-state index in [0.29, 0.717) is 48.0 Å². The molecule has 0 radical (unpaired) electrons. The van der Waals surface area contributed by atoms with E-state index >= 15 is 0 Å². The topological polar surface area (TPSA) is 119 Å². The fourth-order valence-electron chi connectivity index (χ4n) is 4.00. The van der Waals surface area contributed by atoms with Gasteiger partial charge in [-0.15, -0.1) is 0 Å². The molecule has 4 aromatic rings. The summed E-state index contributed by atoms with van der Waals surface area (Å²) < 4.78 is 47.6. The summed E-state index contributed by atoms with van der Waals surface area (Å²) in [6.45, 7) is 1.05. The molecule has 4 rings (SSSR count). The number of H-pyrrole nitrogens is 1. The number of aromatic amines is 1. The number of rotatable bonds is 10. The lowest BCUT2D eigenvalue weighted by atomic mass is 9.88. The van der Waals surface area contributed by atoms with Crippen LogP contribution in [-0.4, -0.2) is 41.2 Å². The number of benzene rings is 2. The van der Waals surface area contributed by atoms with Gasteiger partial charge in [0.2, 0.25) is 0 Å². The van der Waals surface area contributed by atoms with E-state index in [0.717, 1.165) is 10.9 Å². The lowest BCUT2D eigenvalue weighted by Gasteiger charge is -2.17. The quantitative estimate of drug-likeness (QED) is 0.148. The van der Waals surface area contributed by atoms with Crippen LogP contribution in [0.1, 0.15) is 29.9 Å². The standard InChI is InChI=1S/C27H25F3N4O4/c28-27(29,30)26(36)38-24(35)15-20(17-6-2-1-3-7-17)21-16-34-23-14-18(9-10-19(21)23)37-13-5-12-33-25-22(31)8-4-11-32-25/h1-4,6-11,14,16,20,34H,5,12-13,15,31H2,(H,32,33). The monoisotopic (exact) mass is 526 g/mol. The molecule has 1 atom stereocenters. The minimum Gasteiger partial charge on any atom is -0.493 e. The third kappa shape index (κ3) is 6.61. The molecule has 1 unspecified atom stereocenters. The van der Waals surface area contributed by atoms with E-state index in [4.69, 9.17) is 10.5 Å². The summed E-state index contributed by atoms with van der Waals surface area (Å²) in [5, 5.41) is 3.91. The lowest BCUT2D eigenvalue weighted by molar-refractivity contribution is -0.201. The molecule has 198 valence electrons. The van der Waals surface area contributed by atoms with Crippen molar-refractivity contribution in [1.82, 2.24) is 9.97 Å². The maximum absolute atomic E-state index is 12.6. The Kier molecular flexibility index (Phi) is 8.15. The van der Waals surface area contributed by atoms with E-state index in [1.165, 1.54) is 0 Å². The fraction of sp³-hybridized carbons (Fsp3) is 0.222. The number of esters is 2. The van der Waals surface area contributed by atoms with Gasteiger partial charge in [0.15, 0.2) is 0 Å². The van der Waals surface area contributed by atoms with E-state index in [1.54, 1.807) is 67.0 Å². The van der Waals surface area contributed by atoms with E-state index in [2.05, 4.69) is 20.0 Å². The second-order valence-corrected chi connectivity index (χ2v) is 8.45. The van der Waals surface area contributed by atoms with Crippen molar-refractivity contribution in [3.05, 3.63) is 84.2 Å². The highest BCUT2D eigenvalue weighted by molar-refractivity contribution is 5.90. The number of halogens is 3. The summed E-state index contributed by atoms with van der Waals surface area (Å²) in [5.74, 6) is -3.21. The number of carbonyl (C=O) groups is 2. The highest BCUT2D eigenvalue weighted by Crippen LogP contribution is 2.35. The van der Waals surface area contributed by atoms with Crippen LogP contribution in [0.15, 0.2) is 73.1 Å². The Balaban J connectivity index is 1.43. The molecule has 0 saturated heterocycles. The smallest absolute Gasteiger partial charge is 0.491 e. The van der Waals surface area contributed by atoms with Gasteiger partial charge in [-0.3, -0.25) is 4.79 Å². The maximum atomic E-state index is 12.6. The average Bonchev–Trinajstić information content (AvgIpc) is 3.31. The first kappa shape index (κ1) is 26.5. The van der Waals surface area contributed by atoms with Crippen LogP contribution in [0.3, 0.4) is 0 Å². The van der Waals surface area contributed by atoms with Gasteiger partial charge in [-0.2, -0.15) is 13.2 Å². The van der Waals surface area contributed by atoms with E-state index < -0.39 is 30.5 Å². The van der Waals surface area contributed by atoms with Gasteiger partial charge in [0.05, 0.1) is 18.7 Å². The molecule has 0 aliphatic rings. The highest BCUT2D eigenvalue weighted by Gasteiger charge is 2.42. The Morgan fingerprint density at radius 3 is 2.61 bits per heavy atom. The number of pyridine rings is 1. The molecule has 2 aromatic heterocycles. The molecule has 0 bridgehead atoms. The van der Waals surface area contributed by atoms with Crippen molar-refractivity contribution in [2.45, 2.75) is 24.9 Å². The van der Waals surface area contributed by atoms with Crippen molar-refractivity contribution in [1.29, 1.82) is 0 Å². The normalized spacial score (nSPS) is 12.2. The second-order valence-electron chi connectivity index (χ2n) is 8.45. The summed E-state index contributed by atoms with van der Waals surface area (Å²) in [4.78, 5) is 30.7. The molecule has 0 spiro atoms. The van der Waals surface area contributed by atoms with Crippen molar-refractivity contribution in [3.63, 3.8) is 0 Å². The van der Waals surface area contributed by atoms with Gasteiger partial charge in [0.1, 0.15) is 11.6 Å². The minimum atomic E-state index is -5.25. The molecule has 2 aromatic carbocycles. The summed E-state index contributed by atoms with van der Waals surface area (Å²) in [6, 6.07) is 17.7. The maximum Gasteiger partial charge on any atom is 0.491 e. The summed E-state index contributed by atoms with van der Waals surface area (Å²) >= 11 is 0. The van der Waals surface area contributed by atoms with Gasteiger partial charge in [0.25, 0.3) is 0 Å². The van der Waals surface area contributed by atoms with Crippen LogP contribution in [0.4, 0.5) is 24.7 Å². The molecule has 11 heteroatoms. The molecule has 0 saturated carbocycles. The molecule has 2 heterocycles. The number of ether oxygens (including phenoxy) is 2. The number of anilines is 2. The first-order valence-electron chi connectivity index (χ1n) is 11.8. The average molecular weight is 527 g/mol. The molecule has 0 aliphatic heterocycles. The lowest BCUT2D eigenvalue weighted by Crippen LogP contribution is -2.28. The first-order chi connectivity index (χ1) is 18.2. The number of fused-ring (bicyclic) bond motifs is 1. The van der Waals surface area contributed by atoms with Crippen molar-refractivity contribution >= 4 is 34.3 Å². The Labute approximate surface area is 216 Å². The largest absolute Gasteiger partial charge is 0.493 e. The van der Waals surface area contributed by atoms with Crippen LogP contribution >= 0.6 is 0 Å². The van der Waals surface area contributed by atoms with Crippen LogP contribution in [0, 0.1) is 0 Å². The summed E-state index contributed by atoms with van der Waals surface area (Å²) in [5.41, 5.74) is 8.50. The van der Waals surface area contributed by atoms with Crippen molar-refractivity contribution < 1.29 is 32.2 Å². The molecule has 4 N–H and O–H groups in total. The second kappa shape index (κ2) is 11.7. The van der Waals surface area contributed by atoms with E-state index in [9.17, 15) is 22.8 Å². The predicted molar refractivity (Wildman–Crippen MR) is 136 cm³/mol. The first-order valence-corrected chi connectivity index (χ1v) is 11.8. The molecule has 0 fully saturated rings. The number of nitrogens with one attached hydrogen (secondary N) is 2. The van der Waals surface area contributed by atoms with Crippen LogP contribution in [0.5, 0.6) is 5.75 Å². The Morgan fingerprint density at radius 1 is 1.08 bits per heavy atom. The third-order valence-electron chi connectivity index (χ3n) is 5.79. The third-order valence-corrected chi connectivity index (χ3v) is 5.79. The molecule has 0 amide bonds. The molecular weight excluding hydrogens is 501 g/mol. The van der Waals surface area contributed by atoms with E-state index in [-0.39, 0.29) is 0 Å². The van der Waals surface area contributed by atoms with Gasteiger partial charge in [0, 0.05) is 41.8 Å².